The van der Waals surface area contributed by atoms with Crippen LogP contribution in [0.5, 0.6) is 0 Å². The highest BCUT2D eigenvalue weighted by molar-refractivity contribution is 9.10. The average Bonchev–Trinajstić information content (AvgIpc) is 2.99. The van der Waals surface area contributed by atoms with E-state index >= 15 is 0 Å². The van der Waals surface area contributed by atoms with Crippen molar-refractivity contribution in [2.75, 3.05) is 13.2 Å². The van der Waals surface area contributed by atoms with Crippen molar-refractivity contribution >= 4 is 27.9 Å². The topological polar surface area (TPSA) is 86.3 Å². The summed E-state index contributed by atoms with van der Waals surface area (Å²) in [5.41, 5.74) is 0.816. The summed E-state index contributed by atoms with van der Waals surface area (Å²) in [5.74, 6) is 0.513. The summed E-state index contributed by atoms with van der Waals surface area (Å²) in [6, 6.07) is 12.9. The van der Waals surface area contributed by atoms with Crippen LogP contribution in [0.4, 0.5) is 0 Å². The van der Waals surface area contributed by atoms with Gasteiger partial charge in [-0.25, -0.2) is 0 Å². The van der Waals surface area contributed by atoms with E-state index in [-0.39, 0.29) is 18.7 Å². The van der Waals surface area contributed by atoms with E-state index in [0.29, 0.717) is 11.5 Å². The first-order valence-electron chi connectivity index (χ1n) is 6.50. The van der Waals surface area contributed by atoms with E-state index in [9.17, 15) is 4.79 Å². The molecule has 2 N–H and O–H groups in total. The number of aliphatic hydroxyl groups excluding tert-OH is 1. The molecule has 1 amide bonds. The molecule has 0 saturated heterocycles. The average molecular weight is 361 g/mol. The second kappa shape index (κ2) is 7.59. The molecule has 1 heterocycles. The van der Waals surface area contributed by atoms with E-state index in [0.717, 1.165) is 10.0 Å². The fourth-order valence-electron chi connectivity index (χ4n) is 1.76. The van der Waals surface area contributed by atoms with Crippen molar-refractivity contribution in [2.45, 2.75) is 0 Å². The third-order valence-corrected chi connectivity index (χ3v) is 3.33. The smallest absolute Gasteiger partial charge is 0.262 e. The predicted octanol–water partition coefficient (Wildman–Crippen LogP) is 2.72. The van der Waals surface area contributed by atoms with Gasteiger partial charge in [0.2, 0.25) is 0 Å². The maximum Gasteiger partial charge on any atom is 0.262 e. The Balaban J connectivity index is 2.20. The summed E-state index contributed by atoms with van der Waals surface area (Å²) >= 11 is 3.36. The quantitative estimate of drug-likeness (QED) is 0.633. The molecule has 22 heavy (non-hydrogen) atoms. The molecule has 5 nitrogen and oxygen atoms in total. The number of halogens is 1. The van der Waals surface area contributed by atoms with E-state index in [1.807, 2.05) is 30.3 Å². The number of carbonyl (C=O) groups excluding carboxylic acids is 1. The molecule has 0 aliphatic carbocycles. The first kappa shape index (κ1) is 16.0. The van der Waals surface area contributed by atoms with Crippen molar-refractivity contribution < 1.29 is 14.3 Å². The molecular weight excluding hydrogens is 348 g/mol. The van der Waals surface area contributed by atoms with E-state index < -0.39 is 5.91 Å². The van der Waals surface area contributed by atoms with Gasteiger partial charge in [-0.2, -0.15) is 5.26 Å². The lowest BCUT2D eigenvalue weighted by Crippen LogP contribution is -2.27. The first-order chi connectivity index (χ1) is 10.6. The fraction of sp³-hybridized carbons (Fsp3) is 0.125. The second-order valence-corrected chi connectivity index (χ2v) is 5.27. The summed E-state index contributed by atoms with van der Waals surface area (Å²) in [5, 5.41) is 20.1. The van der Waals surface area contributed by atoms with Crippen molar-refractivity contribution in [3.8, 4) is 17.4 Å². The maximum absolute atomic E-state index is 11.7. The molecule has 0 aliphatic rings. The van der Waals surface area contributed by atoms with Crippen LogP contribution in [-0.4, -0.2) is 24.2 Å². The summed E-state index contributed by atoms with van der Waals surface area (Å²) < 4.78 is 6.59. The van der Waals surface area contributed by atoms with Gasteiger partial charge in [-0.1, -0.05) is 28.1 Å². The molecule has 2 aromatic rings. The van der Waals surface area contributed by atoms with Crippen LogP contribution in [0.15, 0.2) is 50.9 Å². The van der Waals surface area contributed by atoms with Gasteiger partial charge in [-0.15, -0.1) is 0 Å². The number of hydrogen-bond acceptors (Lipinski definition) is 4. The second-order valence-electron chi connectivity index (χ2n) is 4.36. The van der Waals surface area contributed by atoms with Crippen molar-refractivity contribution in [2.24, 2.45) is 0 Å². The summed E-state index contributed by atoms with van der Waals surface area (Å²) in [7, 11) is 0. The Labute approximate surface area is 136 Å². The van der Waals surface area contributed by atoms with Crippen molar-refractivity contribution in [1.82, 2.24) is 5.32 Å². The van der Waals surface area contributed by atoms with Crippen LogP contribution in [0.3, 0.4) is 0 Å². The number of nitrogens with zero attached hydrogens (tertiary/aromatic N) is 1. The minimum absolute atomic E-state index is 0.0786. The molecular formula is C16H13BrN2O3. The lowest BCUT2D eigenvalue weighted by Gasteiger charge is -2.00. The minimum Gasteiger partial charge on any atom is -0.457 e. The Hall–Kier alpha value is -2.36. The Morgan fingerprint density at radius 3 is 2.68 bits per heavy atom. The zero-order valence-corrected chi connectivity index (χ0v) is 13.1. The van der Waals surface area contributed by atoms with Crippen LogP contribution in [0.2, 0.25) is 0 Å². The van der Waals surface area contributed by atoms with Crippen LogP contribution < -0.4 is 5.32 Å². The summed E-state index contributed by atoms with van der Waals surface area (Å²) in [6.45, 7) is -0.0843. The number of benzene rings is 1. The lowest BCUT2D eigenvalue weighted by molar-refractivity contribution is -0.117. The Morgan fingerprint density at radius 2 is 2.05 bits per heavy atom. The van der Waals surface area contributed by atoms with Crippen LogP contribution in [0.25, 0.3) is 17.4 Å². The molecule has 0 aliphatic heterocycles. The van der Waals surface area contributed by atoms with Crippen LogP contribution in [-0.2, 0) is 4.79 Å². The molecule has 6 heteroatoms. The zero-order valence-electron chi connectivity index (χ0n) is 11.5. The van der Waals surface area contributed by atoms with Crippen molar-refractivity contribution in [3.05, 3.63) is 52.2 Å². The number of carbonyl (C=O) groups is 1. The molecule has 0 unspecified atom stereocenters. The van der Waals surface area contributed by atoms with Gasteiger partial charge in [-0.3, -0.25) is 4.79 Å². The predicted molar refractivity (Wildman–Crippen MR) is 85.5 cm³/mol. The number of amides is 1. The molecule has 0 fully saturated rings. The maximum atomic E-state index is 11.7. The van der Waals surface area contributed by atoms with Gasteiger partial charge < -0.3 is 14.8 Å². The van der Waals surface area contributed by atoms with Crippen LogP contribution in [0.1, 0.15) is 5.76 Å². The first-order valence-corrected chi connectivity index (χ1v) is 7.30. The highest BCUT2D eigenvalue weighted by atomic mass is 79.9. The van der Waals surface area contributed by atoms with Gasteiger partial charge in [0.05, 0.1) is 6.61 Å². The van der Waals surface area contributed by atoms with Gasteiger partial charge in [-0.05, 0) is 24.3 Å². The molecule has 2 rings (SSSR count). The third kappa shape index (κ3) is 4.07. The molecule has 112 valence electrons. The van der Waals surface area contributed by atoms with Crippen LogP contribution >= 0.6 is 15.9 Å². The van der Waals surface area contributed by atoms with E-state index in [4.69, 9.17) is 14.8 Å². The summed E-state index contributed by atoms with van der Waals surface area (Å²) in [6.07, 6.45) is 1.37. The van der Waals surface area contributed by atoms with Crippen LogP contribution in [0, 0.1) is 11.3 Å². The van der Waals surface area contributed by atoms with Gasteiger partial charge in [0.25, 0.3) is 5.91 Å². The Morgan fingerprint density at radius 1 is 1.32 bits per heavy atom. The molecule has 0 spiro atoms. The number of aliphatic hydroxyl groups is 1. The number of furan rings is 1. The fourth-order valence-corrected chi connectivity index (χ4v) is 2.02. The van der Waals surface area contributed by atoms with E-state index in [1.165, 1.54) is 6.08 Å². The van der Waals surface area contributed by atoms with Gasteiger partial charge in [0.1, 0.15) is 23.2 Å². The van der Waals surface area contributed by atoms with E-state index in [2.05, 4.69) is 21.2 Å². The standard InChI is InChI=1S/C16H13BrN2O3/c17-13-3-1-11(2-4-13)15-6-5-14(22-15)9-12(10-18)16(21)19-7-8-20/h1-6,9,20H,7-8H2,(H,19,21)/b12-9+. The minimum atomic E-state index is -0.543. The molecule has 0 saturated carbocycles. The molecule has 0 radical (unpaired) electrons. The third-order valence-electron chi connectivity index (χ3n) is 2.80. The number of nitriles is 1. The van der Waals surface area contributed by atoms with Crippen molar-refractivity contribution in [1.29, 1.82) is 5.26 Å². The van der Waals surface area contributed by atoms with Gasteiger partial charge in [0, 0.05) is 22.7 Å². The van der Waals surface area contributed by atoms with E-state index in [1.54, 1.807) is 12.1 Å². The Kier molecular flexibility index (Phi) is 5.53. The number of hydrogen-bond donors (Lipinski definition) is 2. The Bertz CT molecular complexity index is 727. The molecule has 1 aromatic carbocycles. The zero-order chi connectivity index (χ0) is 15.9. The number of rotatable bonds is 5. The molecule has 0 atom stereocenters. The normalized spacial score (nSPS) is 11.0. The van der Waals surface area contributed by atoms with Gasteiger partial charge in [0.15, 0.2) is 0 Å². The lowest BCUT2D eigenvalue weighted by atomic mass is 10.2. The monoisotopic (exact) mass is 360 g/mol. The SMILES string of the molecule is N#C/C(=C\c1ccc(-c2ccc(Br)cc2)o1)C(=O)NCCO. The highest BCUT2D eigenvalue weighted by Gasteiger charge is 2.10. The largest absolute Gasteiger partial charge is 0.457 e. The number of nitrogens with one attached hydrogen (secondary N) is 1. The summed E-state index contributed by atoms with van der Waals surface area (Å²) in [4.78, 5) is 11.7. The molecule has 1 aromatic heterocycles. The molecule has 0 bridgehead atoms. The van der Waals surface area contributed by atoms with Gasteiger partial charge >= 0.3 is 0 Å². The highest BCUT2D eigenvalue weighted by Crippen LogP contribution is 2.24. The van der Waals surface area contributed by atoms with Crippen molar-refractivity contribution in [3.63, 3.8) is 0 Å².